The molecule has 0 aromatic rings. The van der Waals surface area contributed by atoms with Gasteiger partial charge in [-0.1, -0.05) is 19.1 Å². The van der Waals surface area contributed by atoms with Crippen LogP contribution >= 0.6 is 0 Å². The number of allylic oxidation sites excluding steroid dienone is 2. The van der Waals surface area contributed by atoms with Gasteiger partial charge in [-0.25, -0.2) is 0 Å². The Morgan fingerprint density at radius 1 is 1.31 bits per heavy atom. The maximum atomic E-state index is 10.7. The number of ether oxygens (including phenoxy) is 1. The molecule has 0 saturated heterocycles. The molecule has 0 saturated carbocycles. The first kappa shape index (κ1) is 14.7. The highest BCUT2D eigenvalue weighted by molar-refractivity contribution is 5.66. The zero-order valence-electron chi connectivity index (χ0n) is 10.1. The van der Waals surface area contributed by atoms with E-state index in [1.54, 1.807) is 0 Å². The van der Waals surface area contributed by atoms with E-state index in [1.807, 2.05) is 26.0 Å². The molecule has 0 bridgehead atoms. The van der Waals surface area contributed by atoms with E-state index in [9.17, 15) is 9.59 Å². The molecule has 4 heteroatoms. The molecule has 4 nitrogen and oxygen atoms in total. The first-order valence-corrected chi connectivity index (χ1v) is 5.47. The molecule has 92 valence electrons. The third kappa shape index (κ3) is 8.03. The molecule has 2 atom stereocenters. The van der Waals surface area contributed by atoms with Gasteiger partial charge in [-0.05, 0) is 25.7 Å². The Hall–Kier alpha value is -1.32. The van der Waals surface area contributed by atoms with Crippen LogP contribution in [0.2, 0.25) is 0 Å². The molecule has 0 fully saturated rings. The van der Waals surface area contributed by atoms with Crippen molar-refractivity contribution in [2.75, 3.05) is 0 Å². The van der Waals surface area contributed by atoms with Crippen molar-refractivity contribution < 1.29 is 19.4 Å². The normalized spacial score (nSPS) is 14.7. The van der Waals surface area contributed by atoms with Crippen LogP contribution in [0.25, 0.3) is 0 Å². The fraction of sp³-hybridized carbons (Fsp3) is 0.667. The van der Waals surface area contributed by atoms with Gasteiger partial charge in [0.25, 0.3) is 0 Å². The van der Waals surface area contributed by atoms with Gasteiger partial charge in [0.05, 0.1) is 0 Å². The third-order valence-electron chi connectivity index (χ3n) is 2.35. The number of esters is 1. The van der Waals surface area contributed by atoms with Crippen LogP contribution < -0.4 is 0 Å². The van der Waals surface area contributed by atoms with E-state index in [0.29, 0.717) is 6.42 Å². The van der Waals surface area contributed by atoms with Gasteiger partial charge in [-0.2, -0.15) is 0 Å². The Balaban J connectivity index is 3.74. The molecule has 0 aliphatic heterocycles. The minimum atomic E-state index is -0.786. The molecule has 0 rings (SSSR count). The molecule has 0 aliphatic carbocycles. The number of hydrogen-bond donors (Lipinski definition) is 1. The zero-order valence-corrected chi connectivity index (χ0v) is 10.1. The maximum Gasteiger partial charge on any atom is 0.303 e. The van der Waals surface area contributed by atoms with E-state index in [1.165, 1.54) is 6.92 Å². The molecule has 0 amide bonds. The molecule has 1 N–H and O–H groups in total. The topological polar surface area (TPSA) is 63.6 Å². The first-order valence-electron chi connectivity index (χ1n) is 5.47. The number of carbonyl (C=O) groups is 2. The molecule has 0 aromatic carbocycles. The number of carboxylic acid groups (broad SMARTS) is 1. The van der Waals surface area contributed by atoms with Gasteiger partial charge >= 0.3 is 11.9 Å². The summed E-state index contributed by atoms with van der Waals surface area (Å²) in [6.45, 7) is 5.25. The van der Waals surface area contributed by atoms with Gasteiger partial charge < -0.3 is 9.84 Å². The second kappa shape index (κ2) is 7.91. The minimum absolute atomic E-state index is 0.110. The predicted octanol–water partition coefficient (Wildman–Crippen LogP) is 2.39. The van der Waals surface area contributed by atoms with Crippen molar-refractivity contribution in [3.63, 3.8) is 0 Å². The summed E-state index contributed by atoms with van der Waals surface area (Å²) in [5.41, 5.74) is 0. The van der Waals surface area contributed by atoms with Crippen molar-refractivity contribution in [2.24, 2.45) is 5.92 Å². The standard InChI is InChI=1S/C12H20O4/c1-9(10(2)16-11(3)13)7-5-4-6-8-12(14)15/h4-5,9-10H,6-8H2,1-3H3,(H,14,15). The first-order chi connectivity index (χ1) is 7.43. The molecule has 0 radical (unpaired) electrons. The van der Waals surface area contributed by atoms with Crippen LogP contribution in [-0.2, 0) is 14.3 Å². The minimum Gasteiger partial charge on any atom is -0.481 e. The molecule has 0 aliphatic rings. The van der Waals surface area contributed by atoms with Crippen molar-refractivity contribution in [3.05, 3.63) is 12.2 Å². The molecular weight excluding hydrogens is 208 g/mol. The van der Waals surface area contributed by atoms with E-state index >= 15 is 0 Å². The van der Waals surface area contributed by atoms with Crippen LogP contribution in [0.15, 0.2) is 12.2 Å². The Labute approximate surface area is 96.3 Å². The Bertz CT molecular complexity index is 258. The fourth-order valence-corrected chi connectivity index (χ4v) is 1.21. The number of carboxylic acids is 1. The Morgan fingerprint density at radius 2 is 1.94 bits per heavy atom. The van der Waals surface area contributed by atoms with Crippen LogP contribution in [0.5, 0.6) is 0 Å². The fourth-order valence-electron chi connectivity index (χ4n) is 1.21. The summed E-state index contributed by atoms with van der Waals surface area (Å²) in [7, 11) is 0. The molecule has 0 spiro atoms. The molecule has 16 heavy (non-hydrogen) atoms. The average Bonchev–Trinajstić information content (AvgIpc) is 2.15. The van der Waals surface area contributed by atoms with E-state index in [4.69, 9.17) is 9.84 Å². The summed E-state index contributed by atoms with van der Waals surface area (Å²) in [4.78, 5) is 20.9. The van der Waals surface area contributed by atoms with Gasteiger partial charge in [0.15, 0.2) is 0 Å². The monoisotopic (exact) mass is 228 g/mol. The Kier molecular flexibility index (Phi) is 7.25. The summed E-state index contributed by atoms with van der Waals surface area (Å²) in [6, 6.07) is 0. The largest absolute Gasteiger partial charge is 0.481 e. The van der Waals surface area contributed by atoms with Crippen molar-refractivity contribution >= 4 is 11.9 Å². The molecule has 0 heterocycles. The van der Waals surface area contributed by atoms with Crippen molar-refractivity contribution in [1.82, 2.24) is 0 Å². The summed E-state index contributed by atoms with van der Waals surface area (Å²) >= 11 is 0. The van der Waals surface area contributed by atoms with Gasteiger partial charge in [-0.3, -0.25) is 9.59 Å². The maximum absolute atomic E-state index is 10.7. The Morgan fingerprint density at radius 3 is 2.44 bits per heavy atom. The van der Waals surface area contributed by atoms with E-state index in [0.717, 1.165) is 6.42 Å². The molecule has 0 aromatic heterocycles. The summed E-state index contributed by atoms with van der Waals surface area (Å²) in [5, 5.41) is 8.42. The smallest absolute Gasteiger partial charge is 0.303 e. The van der Waals surface area contributed by atoms with Gasteiger partial charge in [0, 0.05) is 13.3 Å². The van der Waals surface area contributed by atoms with Gasteiger partial charge in [0.2, 0.25) is 0 Å². The lowest BCUT2D eigenvalue weighted by molar-refractivity contribution is -0.147. The number of rotatable bonds is 7. The van der Waals surface area contributed by atoms with Crippen molar-refractivity contribution in [2.45, 2.75) is 46.1 Å². The van der Waals surface area contributed by atoms with Crippen LogP contribution in [0.1, 0.15) is 40.0 Å². The van der Waals surface area contributed by atoms with Crippen LogP contribution in [0, 0.1) is 5.92 Å². The zero-order chi connectivity index (χ0) is 12.6. The summed E-state index contributed by atoms with van der Waals surface area (Å²) in [5.74, 6) is -0.815. The molecular formula is C12H20O4. The number of hydrogen-bond acceptors (Lipinski definition) is 3. The van der Waals surface area contributed by atoms with E-state index < -0.39 is 5.97 Å². The lowest BCUT2D eigenvalue weighted by atomic mass is 10.0. The third-order valence-corrected chi connectivity index (χ3v) is 2.35. The van der Waals surface area contributed by atoms with Gasteiger partial charge in [-0.15, -0.1) is 0 Å². The SMILES string of the molecule is CC(=O)OC(C)C(C)CC=CCCC(=O)O. The van der Waals surface area contributed by atoms with Crippen molar-refractivity contribution in [1.29, 1.82) is 0 Å². The van der Waals surface area contributed by atoms with Gasteiger partial charge in [0.1, 0.15) is 6.10 Å². The predicted molar refractivity (Wildman–Crippen MR) is 61.0 cm³/mol. The molecule has 2 unspecified atom stereocenters. The lowest BCUT2D eigenvalue weighted by Crippen LogP contribution is -2.20. The quantitative estimate of drug-likeness (QED) is 0.536. The number of carbonyl (C=O) groups excluding carboxylic acids is 1. The highest BCUT2D eigenvalue weighted by Crippen LogP contribution is 2.12. The number of aliphatic carboxylic acids is 1. The second-order valence-electron chi connectivity index (χ2n) is 3.93. The average molecular weight is 228 g/mol. The summed E-state index contributed by atoms with van der Waals surface area (Å²) in [6.07, 6.45) is 5.17. The highest BCUT2D eigenvalue weighted by Gasteiger charge is 2.12. The second-order valence-corrected chi connectivity index (χ2v) is 3.93. The van der Waals surface area contributed by atoms with E-state index in [2.05, 4.69) is 0 Å². The van der Waals surface area contributed by atoms with E-state index in [-0.39, 0.29) is 24.4 Å². The highest BCUT2D eigenvalue weighted by atomic mass is 16.5. The van der Waals surface area contributed by atoms with Crippen LogP contribution in [-0.4, -0.2) is 23.1 Å². The van der Waals surface area contributed by atoms with Crippen LogP contribution in [0.3, 0.4) is 0 Å². The summed E-state index contributed by atoms with van der Waals surface area (Å²) < 4.78 is 5.04. The lowest BCUT2D eigenvalue weighted by Gasteiger charge is -2.17. The van der Waals surface area contributed by atoms with Crippen molar-refractivity contribution in [3.8, 4) is 0 Å². The van der Waals surface area contributed by atoms with Crippen LogP contribution in [0.4, 0.5) is 0 Å².